The van der Waals surface area contributed by atoms with Crippen molar-refractivity contribution in [3.8, 4) is 0 Å². The van der Waals surface area contributed by atoms with Crippen molar-refractivity contribution in [2.24, 2.45) is 0 Å². The van der Waals surface area contributed by atoms with E-state index in [1.165, 1.54) is 4.57 Å². The fourth-order valence-electron chi connectivity index (χ4n) is 2.90. The minimum Gasteiger partial charge on any atom is -0.307 e. The van der Waals surface area contributed by atoms with Gasteiger partial charge in [0.15, 0.2) is 0 Å². The van der Waals surface area contributed by atoms with E-state index in [-0.39, 0.29) is 17.3 Å². The maximum atomic E-state index is 12.6. The fraction of sp³-hybridized carbons (Fsp3) is 0.429. The van der Waals surface area contributed by atoms with Crippen LogP contribution in [-0.4, -0.2) is 34.6 Å². The Morgan fingerprint density at radius 1 is 1.32 bits per heavy atom. The second kappa shape index (κ2) is 4.35. The van der Waals surface area contributed by atoms with Gasteiger partial charge in [-0.05, 0) is 38.6 Å². The second-order valence-corrected chi connectivity index (χ2v) is 5.31. The summed E-state index contributed by atoms with van der Waals surface area (Å²) in [6.45, 7) is 3.57. The molecular formula is C14H17N3O2. The molecule has 1 saturated heterocycles. The van der Waals surface area contributed by atoms with Gasteiger partial charge in [0.05, 0.1) is 16.9 Å². The van der Waals surface area contributed by atoms with Gasteiger partial charge in [-0.15, -0.1) is 0 Å². The van der Waals surface area contributed by atoms with Crippen LogP contribution in [0.15, 0.2) is 27.8 Å². The Labute approximate surface area is 110 Å². The van der Waals surface area contributed by atoms with Gasteiger partial charge in [0.25, 0.3) is 5.56 Å². The van der Waals surface area contributed by atoms with Crippen molar-refractivity contribution >= 4 is 10.9 Å². The molecule has 3 rings (SSSR count). The quantitative estimate of drug-likeness (QED) is 0.827. The predicted octanol–water partition coefficient (Wildman–Crippen LogP) is 0.875. The van der Waals surface area contributed by atoms with Gasteiger partial charge >= 0.3 is 5.69 Å². The van der Waals surface area contributed by atoms with Crippen molar-refractivity contribution in [1.29, 1.82) is 0 Å². The summed E-state index contributed by atoms with van der Waals surface area (Å²) in [5, 5.41) is 0.622. The Balaban J connectivity index is 2.29. The van der Waals surface area contributed by atoms with Gasteiger partial charge in [-0.2, -0.15) is 0 Å². The molecule has 0 saturated carbocycles. The van der Waals surface area contributed by atoms with E-state index in [1.807, 2.05) is 26.1 Å². The van der Waals surface area contributed by atoms with Gasteiger partial charge in [-0.25, -0.2) is 4.79 Å². The van der Waals surface area contributed by atoms with Crippen LogP contribution < -0.4 is 11.2 Å². The molecule has 5 nitrogen and oxygen atoms in total. The molecule has 1 aromatic carbocycles. The van der Waals surface area contributed by atoms with Gasteiger partial charge < -0.3 is 9.88 Å². The van der Waals surface area contributed by atoms with Crippen LogP contribution in [0.2, 0.25) is 0 Å². The number of nitrogens with one attached hydrogen (secondary N) is 1. The van der Waals surface area contributed by atoms with E-state index < -0.39 is 0 Å². The predicted molar refractivity (Wildman–Crippen MR) is 74.7 cm³/mol. The SMILES string of the molecule is Cc1cccc2[nH]c(=O)n(C3CCN(C)C3)c(=O)c12. The van der Waals surface area contributed by atoms with Crippen LogP contribution in [-0.2, 0) is 0 Å². The number of nitrogens with zero attached hydrogens (tertiary/aromatic N) is 2. The van der Waals surface area contributed by atoms with E-state index >= 15 is 0 Å². The molecule has 0 amide bonds. The highest BCUT2D eigenvalue weighted by molar-refractivity contribution is 5.80. The summed E-state index contributed by atoms with van der Waals surface area (Å²) in [5.41, 5.74) is 1.05. The zero-order valence-electron chi connectivity index (χ0n) is 11.1. The van der Waals surface area contributed by atoms with Crippen LogP contribution in [0.5, 0.6) is 0 Å². The first-order valence-electron chi connectivity index (χ1n) is 6.50. The van der Waals surface area contributed by atoms with Crippen molar-refractivity contribution in [2.45, 2.75) is 19.4 Å². The Morgan fingerprint density at radius 2 is 2.11 bits per heavy atom. The molecule has 1 fully saturated rings. The van der Waals surface area contributed by atoms with E-state index in [0.29, 0.717) is 10.9 Å². The van der Waals surface area contributed by atoms with Crippen LogP contribution in [0, 0.1) is 6.92 Å². The van der Waals surface area contributed by atoms with Gasteiger partial charge in [0.2, 0.25) is 0 Å². The first-order valence-corrected chi connectivity index (χ1v) is 6.50. The van der Waals surface area contributed by atoms with E-state index in [1.54, 1.807) is 6.07 Å². The van der Waals surface area contributed by atoms with Crippen molar-refractivity contribution in [2.75, 3.05) is 20.1 Å². The van der Waals surface area contributed by atoms with Crippen LogP contribution in [0.1, 0.15) is 18.0 Å². The average Bonchev–Trinajstić information content (AvgIpc) is 2.75. The Morgan fingerprint density at radius 3 is 2.79 bits per heavy atom. The third kappa shape index (κ3) is 1.90. The van der Waals surface area contributed by atoms with Crippen molar-refractivity contribution in [3.05, 3.63) is 44.6 Å². The van der Waals surface area contributed by atoms with Crippen LogP contribution in [0.3, 0.4) is 0 Å². The summed E-state index contributed by atoms with van der Waals surface area (Å²) < 4.78 is 1.39. The summed E-state index contributed by atoms with van der Waals surface area (Å²) >= 11 is 0. The molecule has 1 aliphatic heterocycles. The molecule has 0 radical (unpaired) electrons. The topological polar surface area (TPSA) is 58.1 Å². The highest BCUT2D eigenvalue weighted by Crippen LogP contribution is 2.18. The maximum Gasteiger partial charge on any atom is 0.329 e. The fourth-order valence-corrected chi connectivity index (χ4v) is 2.90. The number of aromatic amines is 1. The van der Waals surface area contributed by atoms with Crippen molar-refractivity contribution < 1.29 is 0 Å². The molecule has 19 heavy (non-hydrogen) atoms. The number of likely N-dealkylation sites (N-methyl/N-ethyl adjacent to an activating group) is 1. The number of benzene rings is 1. The molecule has 1 aliphatic rings. The van der Waals surface area contributed by atoms with E-state index in [9.17, 15) is 9.59 Å². The van der Waals surface area contributed by atoms with Gasteiger partial charge in [0, 0.05) is 6.54 Å². The molecule has 100 valence electrons. The summed E-state index contributed by atoms with van der Waals surface area (Å²) in [6, 6.07) is 5.50. The Kier molecular flexibility index (Phi) is 2.78. The standard InChI is InChI=1S/C14H17N3O2/c1-9-4-3-5-11-12(9)13(18)17(14(19)15-11)10-6-7-16(2)8-10/h3-5,10H,6-8H2,1-2H3,(H,15,19). The summed E-state index contributed by atoms with van der Waals surface area (Å²) in [7, 11) is 2.01. The maximum absolute atomic E-state index is 12.6. The highest BCUT2D eigenvalue weighted by Gasteiger charge is 2.24. The lowest BCUT2D eigenvalue weighted by Gasteiger charge is -2.14. The number of fused-ring (bicyclic) bond motifs is 1. The van der Waals surface area contributed by atoms with Crippen LogP contribution in [0.4, 0.5) is 0 Å². The zero-order chi connectivity index (χ0) is 13.6. The smallest absolute Gasteiger partial charge is 0.307 e. The third-order valence-corrected chi connectivity index (χ3v) is 3.90. The number of rotatable bonds is 1. The number of aryl methyl sites for hydroxylation is 1. The lowest BCUT2D eigenvalue weighted by atomic mass is 10.1. The molecule has 1 atom stereocenters. The van der Waals surface area contributed by atoms with Crippen LogP contribution in [0.25, 0.3) is 10.9 Å². The molecule has 0 bridgehead atoms. The molecule has 2 heterocycles. The second-order valence-electron chi connectivity index (χ2n) is 5.31. The van der Waals surface area contributed by atoms with E-state index in [2.05, 4.69) is 9.88 Å². The Hall–Kier alpha value is -1.88. The first-order chi connectivity index (χ1) is 9.08. The van der Waals surface area contributed by atoms with Gasteiger partial charge in [-0.1, -0.05) is 12.1 Å². The first kappa shape index (κ1) is 12.2. The lowest BCUT2D eigenvalue weighted by Crippen LogP contribution is -2.39. The van der Waals surface area contributed by atoms with Crippen molar-refractivity contribution in [1.82, 2.24) is 14.5 Å². The van der Waals surface area contributed by atoms with E-state index in [0.717, 1.165) is 25.1 Å². The molecule has 2 aromatic rings. The highest BCUT2D eigenvalue weighted by atomic mass is 16.2. The molecule has 0 aliphatic carbocycles. The molecule has 1 aromatic heterocycles. The zero-order valence-corrected chi connectivity index (χ0v) is 11.1. The number of hydrogen-bond donors (Lipinski definition) is 1. The van der Waals surface area contributed by atoms with Crippen molar-refractivity contribution in [3.63, 3.8) is 0 Å². The molecular weight excluding hydrogens is 242 g/mol. The van der Waals surface area contributed by atoms with Gasteiger partial charge in [0.1, 0.15) is 0 Å². The van der Waals surface area contributed by atoms with Crippen LogP contribution >= 0.6 is 0 Å². The largest absolute Gasteiger partial charge is 0.329 e. The normalized spacial score (nSPS) is 20.2. The molecule has 1 unspecified atom stereocenters. The number of likely N-dealkylation sites (tertiary alicyclic amines) is 1. The number of hydrogen-bond acceptors (Lipinski definition) is 3. The summed E-state index contributed by atoms with van der Waals surface area (Å²) in [6.07, 6.45) is 0.844. The summed E-state index contributed by atoms with van der Waals surface area (Å²) in [5.74, 6) is 0. The molecule has 0 spiro atoms. The third-order valence-electron chi connectivity index (χ3n) is 3.90. The molecule has 1 N–H and O–H groups in total. The van der Waals surface area contributed by atoms with E-state index in [4.69, 9.17) is 0 Å². The number of H-pyrrole nitrogens is 1. The monoisotopic (exact) mass is 259 g/mol. The average molecular weight is 259 g/mol. The molecule has 5 heteroatoms. The minimum absolute atomic E-state index is 0.0229. The van der Waals surface area contributed by atoms with Gasteiger partial charge in [-0.3, -0.25) is 9.36 Å². The number of aromatic nitrogens is 2. The Bertz CT molecular complexity index is 744. The summed E-state index contributed by atoms with van der Waals surface area (Å²) in [4.78, 5) is 29.7. The minimum atomic E-state index is -0.302. The lowest BCUT2D eigenvalue weighted by molar-refractivity contribution is 0.386.